The fourth-order valence-corrected chi connectivity index (χ4v) is 2.02. The summed E-state index contributed by atoms with van der Waals surface area (Å²) in [4.78, 5) is 0. The Bertz CT molecular complexity index is 507. The van der Waals surface area contributed by atoms with E-state index in [2.05, 4.69) is 17.2 Å². The maximum Gasteiger partial charge on any atom is 0.0888 e. The summed E-state index contributed by atoms with van der Waals surface area (Å²) >= 11 is 5.96. The van der Waals surface area contributed by atoms with Gasteiger partial charge in [-0.15, -0.1) is 5.10 Å². The minimum Gasteiger partial charge on any atom is -0.326 e. The third kappa shape index (κ3) is 2.48. The molecule has 90 valence electrons. The predicted octanol–water partition coefficient (Wildman–Crippen LogP) is 2.47. The average Bonchev–Trinajstić information content (AvgIpc) is 2.77. The van der Waals surface area contributed by atoms with Crippen molar-refractivity contribution in [1.29, 1.82) is 0 Å². The van der Waals surface area contributed by atoms with Gasteiger partial charge < -0.3 is 5.73 Å². The Hall–Kier alpha value is -1.39. The van der Waals surface area contributed by atoms with Gasteiger partial charge in [0.05, 0.1) is 11.9 Å². The van der Waals surface area contributed by atoms with E-state index in [1.54, 1.807) is 6.20 Å². The van der Waals surface area contributed by atoms with E-state index in [1.165, 1.54) is 0 Å². The standard InChI is InChI=1S/C12H15ClN4/c1-2-5-17-12(8-15-16-17)11-4-3-10(13)6-9(11)7-14/h3-4,6,8H,2,5,7,14H2,1H3. The van der Waals surface area contributed by atoms with Gasteiger partial charge in [0.2, 0.25) is 0 Å². The topological polar surface area (TPSA) is 56.7 Å². The Morgan fingerprint density at radius 3 is 2.94 bits per heavy atom. The van der Waals surface area contributed by atoms with Gasteiger partial charge in [-0.1, -0.05) is 29.8 Å². The van der Waals surface area contributed by atoms with Crippen molar-refractivity contribution in [3.63, 3.8) is 0 Å². The first-order valence-electron chi connectivity index (χ1n) is 5.63. The number of halogens is 1. The lowest BCUT2D eigenvalue weighted by atomic mass is 10.1. The summed E-state index contributed by atoms with van der Waals surface area (Å²) in [7, 11) is 0. The molecule has 1 aromatic carbocycles. The molecule has 2 aromatic rings. The van der Waals surface area contributed by atoms with Gasteiger partial charge in [-0.2, -0.15) is 0 Å². The van der Waals surface area contributed by atoms with Crippen LogP contribution in [-0.2, 0) is 13.1 Å². The normalized spacial score (nSPS) is 10.8. The molecule has 0 spiro atoms. The van der Waals surface area contributed by atoms with Gasteiger partial charge >= 0.3 is 0 Å². The molecule has 5 heteroatoms. The second kappa shape index (κ2) is 5.29. The molecule has 0 bridgehead atoms. The smallest absolute Gasteiger partial charge is 0.0888 e. The zero-order valence-electron chi connectivity index (χ0n) is 9.73. The van der Waals surface area contributed by atoms with Crippen molar-refractivity contribution >= 4 is 11.6 Å². The SMILES string of the molecule is CCCn1nncc1-c1ccc(Cl)cc1CN. The summed E-state index contributed by atoms with van der Waals surface area (Å²) in [5.41, 5.74) is 8.79. The van der Waals surface area contributed by atoms with E-state index in [-0.39, 0.29) is 0 Å². The van der Waals surface area contributed by atoms with Crippen molar-refractivity contribution in [2.75, 3.05) is 0 Å². The summed E-state index contributed by atoms with van der Waals surface area (Å²) in [6.45, 7) is 3.41. The third-order valence-electron chi connectivity index (χ3n) is 2.62. The van der Waals surface area contributed by atoms with Crippen molar-refractivity contribution < 1.29 is 0 Å². The minimum atomic E-state index is 0.452. The summed E-state index contributed by atoms with van der Waals surface area (Å²) in [5.74, 6) is 0. The molecular formula is C12H15ClN4. The van der Waals surface area contributed by atoms with Crippen molar-refractivity contribution in [3.8, 4) is 11.3 Å². The molecule has 2 N–H and O–H groups in total. The molecule has 1 aromatic heterocycles. The summed E-state index contributed by atoms with van der Waals surface area (Å²) in [6.07, 6.45) is 2.78. The maximum absolute atomic E-state index is 5.96. The number of nitrogens with zero attached hydrogens (tertiary/aromatic N) is 3. The second-order valence-electron chi connectivity index (χ2n) is 3.85. The van der Waals surface area contributed by atoms with Crippen LogP contribution < -0.4 is 5.73 Å². The highest BCUT2D eigenvalue weighted by Crippen LogP contribution is 2.25. The molecule has 0 amide bonds. The van der Waals surface area contributed by atoms with Gasteiger partial charge in [-0.05, 0) is 24.1 Å². The van der Waals surface area contributed by atoms with Crippen LogP contribution >= 0.6 is 11.6 Å². The number of aromatic nitrogens is 3. The van der Waals surface area contributed by atoms with E-state index in [4.69, 9.17) is 17.3 Å². The highest BCUT2D eigenvalue weighted by Gasteiger charge is 2.10. The van der Waals surface area contributed by atoms with E-state index in [1.807, 2.05) is 22.9 Å². The Morgan fingerprint density at radius 1 is 1.41 bits per heavy atom. The lowest BCUT2D eigenvalue weighted by Crippen LogP contribution is -2.05. The Balaban J connectivity index is 2.48. The number of nitrogens with two attached hydrogens (primary N) is 1. The zero-order chi connectivity index (χ0) is 12.3. The predicted molar refractivity (Wildman–Crippen MR) is 68.7 cm³/mol. The average molecular weight is 251 g/mol. The van der Waals surface area contributed by atoms with Crippen LogP contribution in [0.25, 0.3) is 11.3 Å². The van der Waals surface area contributed by atoms with Crippen molar-refractivity contribution in [1.82, 2.24) is 15.0 Å². The van der Waals surface area contributed by atoms with Crippen LogP contribution in [0, 0.1) is 0 Å². The molecule has 2 rings (SSSR count). The quantitative estimate of drug-likeness (QED) is 0.907. The van der Waals surface area contributed by atoms with Crippen LogP contribution in [0.15, 0.2) is 24.4 Å². The van der Waals surface area contributed by atoms with E-state index < -0.39 is 0 Å². The Kier molecular flexibility index (Phi) is 3.76. The van der Waals surface area contributed by atoms with E-state index >= 15 is 0 Å². The molecule has 1 heterocycles. The zero-order valence-corrected chi connectivity index (χ0v) is 10.5. The van der Waals surface area contributed by atoms with Crippen LogP contribution in [0.1, 0.15) is 18.9 Å². The monoisotopic (exact) mass is 250 g/mol. The highest BCUT2D eigenvalue weighted by atomic mass is 35.5. The molecule has 4 nitrogen and oxygen atoms in total. The number of aryl methyl sites for hydroxylation is 1. The molecule has 0 saturated heterocycles. The van der Waals surface area contributed by atoms with Gasteiger partial charge in [0, 0.05) is 23.7 Å². The molecule has 0 aliphatic carbocycles. The molecule has 0 saturated carbocycles. The van der Waals surface area contributed by atoms with Gasteiger partial charge in [-0.3, -0.25) is 0 Å². The molecule has 0 unspecified atom stereocenters. The largest absolute Gasteiger partial charge is 0.326 e. The Morgan fingerprint density at radius 2 is 2.24 bits per heavy atom. The first-order valence-corrected chi connectivity index (χ1v) is 6.01. The molecule has 0 atom stereocenters. The third-order valence-corrected chi connectivity index (χ3v) is 2.85. The van der Waals surface area contributed by atoms with Crippen molar-refractivity contribution in [2.45, 2.75) is 26.4 Å². The molecule has 0 fully saturated rings. The van der Waals surface area contributed by atoms with Crippen LogP contribution in [0.3, 0.4) is 0 Å². The summed E-state index contributed by atoms with van der Waals surface area (Å²) < 4.78 is 1.89. The highest BCUT2D eigenvalue weighted by molar-refractivity contribution is 6.30. The number of rotatable bonds is 4. The van der Waals surface area contributed by atoms with Gasteiger partial charge in [0.1, 0.15) is 0 Å². The fraction of sp³-hybridized carbons (Fsp3) is 0.333. The molecule has 0 aliphatic rings. The number of benzene rings is 1. The summed E-state index contributed by atoms with van der Waals surface area (Å²) in [5, 5.41) is 8.73. The molecular weight excluding hydrogens is 236 g/mol. The van der Waals surface area contributed by atoms with E-state index in [0.29, 0.717) is 11.6 Å². The van der Waals surface area contributed by atoms with Gasteiger partial charge in [-0.25, -0.2) is 4.68 Å². The minimum absolute atomic E-state index is 0.452. The van der Waals surface area contributed by atoms with Crippen LogP contribution in [0.2, 0.25) is 5.02 Å². The van der Waals surface area contributed by atoms with E-state index in [0.717, 1.165) is 29.8 Å². The van der Waals surface area contributed by atoms with Crippen molar-refractivity contribution in [2.24, 2.45) is 5.73 Å². The number of hydrogen-bond donors (Lipinski definition) is 1. The lowest BCUT2D eigenvalue weighted by Gasteiger charge is -2.09. The van der Waals surface area contributed by atoms with E-state index in [9.17, 15) is 0 Å². The first-order chi connectivity index (χ1) is 8.26. The fourth-order valence-electron chi connectivity index (χ4n) is 1.82. The van der Waals surface area contributed by atoms with Crippen LogP contribution in [0.5, 0.6) is 0 Å². The molecule has 0 aliphatic heterocycles. The second-order valence-corrected chi connectivity index (χ2v) is 4.28. The molecule has 17 heavy (non-hydrogen) atoms. The van der Waals surface area contributed by atoms with Crippen LogP contribution in [0.4, 0.5) is 0 Å². The lowest BCUT2D eigenvalue weighted by molar-refractivity contribution is 0.584. The van der Waals surface area contributed by atoms with Crippen molar-refractivity contribution in [3.05, 3.63) is 35.0 Å². The molecule has 0 radical (unpaired) electrons. The first kappa shape index (κ1) is 12.1. The van der Waals surface area contributed by atoms with Crippen LogP contribution in [-0.4, -0.2) is 15.0 Å². The van der Waals surface area contributed by atoms with Gasteiger partial charge in [0.15, 0.2) is 0 Å². The Labute approximate surface area is 105 Å². The maximum atomic E-state index is 5.96. The van der Waals surface area contributed by atoms with Gasteiger partial charge in [0.25, 0.3) is 0 Å². The summed E-state index contributed by atoms with van der Waals surface area (Å²) in [6, 6.07) is 5.72. The number of hydrogen-bond acceptors (Lipinski definition) is 3.